The summed E-state index contributed by atoms with van der Waals surface area (Å²) < 4.78 is 13.2. The Bertz CT molecular complexity index is 893. The Morgan fingerprint density at radius 2 is 2.12 bits per heavy atom. The van der Waals surface area contributed by atoms with Gasteiger partial charge in [0.05, 0.1) is 7.11 Å². The lowest BCUT2D eigenvalue weighted by Crippen LogP contribution is -2.16. The van der Waals surface area contributed by atoms with Crippen LogP contribution in [0, 0.1) is 0 Å². The van der Waals surface area contributed by atoms with Crippen molar-refractivity contribution in [1.29, 1.82) is 0 Å². The number of fused-ring (bicyclic) bond motifs is 1. The van der Waals surface area contributed by atoms with Crippen LogP contribution in [-0.2, 0) is 19.5 Å². The van der Waals surface area contributed by atoms with E-state index in [0.29, 0.717) is 13.1 Å². The molecular weight excluding hydrogens is 328 g/mol. The van der Waals surface area contributed by atoms with Gasteiger partial charge in [0.1, 0.15) is 17.6 Å². The summed E-state index contributed by atoms with van der Waals surface area (Å²) in [5.74, 6) is 2.70. The van der Waals surface area contributed by atoms with Crippen LogP contribution < -0.4 is 14.8 Å². The maximum absolute atomic E-state index is 5.87. The molecule has 1 N–H and O–H groups in total. The van der Waals surface area contributed by atoms with Crippen molar-refractivity contribution >= 4 is 0 Å². The lowest BCUT2D eigenvalue weighted by Gasteiger charge is -2.13. The Balaban J connectivity index is 1.49. The van der Waals surface area contributed by atoms with Gasteiger partial charge in [-0.05, 0) is 31.2 Å². The number of nitrogens with zero attached hydrogens (tertiary/aromatic N) is 3. The predicted octanol–water partition coefficient (Wildman–Crippen LogP) is 2.89. The number of hydrogen-bond acceptors (Lipinski definition) is 5. The van der Waals surface area contributed by atoms with E-state index in [-0.39, 0.29) is 6.10 Å². The monoisotopic (exact) mass is 350 g/mol. The second-order valence-electron chi connectivity index (χ2n) is 6.44. The molecule has 0 fully saturated rings. The summed E-state index contributed by atoms with van der Waals surface area (Å²) in [5.41, 5.74) is 3.39. The molecule has 6 nitrogen and oxygen atoms in total. The molecule has 1 atom stereocenters. The van der Waals surface area contributed by atoms with E-state index in [1.165, 1.54) is 5.56 Å². The first-order chi connectivity index (χ1) is 12.7. The minimum atomic E-state index is 0.227. The van der Waals surface area contributed by atoms with E-state index in [1.807, 2.05) is 18.3 Å². The minimum Gasteiger partial charge on any atom is -0.496 e. The fourth-order valence-electron chi connectivity index (χ4n) is 3.31. The van der Waals surface area contributed by atoms with Crippen LogP contribution in [0.2, 0.25) is 0 Å². The van der Waals surface area contributed by atoms with Crippen molar-refractivity contribution in [3.8, 4) is 17.3 Å². The lowest BCUT2D eigenvalue weighted by atomic mass is 10.1. The standard InChI is InChI=1S/C20H22N4O2/c1-14-9-16-10-18(25-2)17(11-19(16)26-14)13-21-12-15-5-3-6-22-20(15)24-8-4-7-23-24/h3-8,10-11,14,21H,9,12-13H2,1-2H3. The average molecular weight is 350 g/mol. The highest BCUT2D eigenvalue weighted by Crippen LogP contribution is 2.34. The van der Waals surface area contributed by atoms with Gasteiger partial charge in [0.2, 0.25) is 0 Å². The maximum Gasteiger partial charge on any atom is 0.157 e. The molecule has 1 aliphatic heterocycles. The van der Waals surface area contributed by atoms with Gasteiger partial charge in [-0.3, -0.25) is 0 Å². The molecular formula is C20H22N4O2. The Hall–Kier alpha value is -2.86. The Morgan fingerprint density at radius 3 is 2.92 bits per heavy atom. The van der Waals surface area contributed by atoms with Crippen molar-refractivity contribution in [2.45, 2.75) is 32.5 Å². The van der Waals surface area contributed by atoms with Crippen molar-refractivity contribution in [2.24, 2.45) is 0 Å². The van der Waals surface area contributed by atoms with Crippen molar-refractivity contribution in [3.63, 3.8) is 0 Å². The van der Waals surface area contributed by atoms with Gasteiger partial charge in [-0.25, -0.2) is 9.67 Å². The average Bonchev–Trinajstić information content (AvgIpc) is 3.30. The zero-order chi connectivity index (χ0) is 17.9. The van der Waals surface area contributed by atoms with Gasteiger partial charge in [-0.15, -0.1) is 0 Å². The maximum atomic E-state index is 5.87. The zero-order valence-electron chi connectivity index (χ0n) is 15.0. The van der Waals surface area contributed by atoms with Crippen LogP contribution in [0.1, 0.15) is 23.6 Å². The lowest BCUT2D eigenvalue weighted by molar-refractivity contribution is 0.254. The van der Waals surface area contributed by atoms with E-state index in [1.54, 1.807) is 24.2 Å². The molecule has 1 unspecified atom stereocenters. The summed E-state index contributed by atoms with van der Waals surface area (Å²) in [5, 5.41) is 7.76. The first-order valence-corrected chi connectivity index (χ1v) is 8.75. The third-order valence-corrected chi connectivity index (χ3v) is 4.52. The van der Waals surface area contributed by atoms with Gasteiger partial charge < -0.3 is 14.8 Å². The fourth-order valence-corrected chi connectivity index (χ4v) is 3.31. The minimum absolute atomic E-state index is 0.227. The molecule has 0 bridgehead atoms. The molecule has 3 heterocycles. The van der Waals surface area contributed by atoms with E-state index in [4.69, 9.17) is 9.47 Å². The topological polar surface area (TPSA) is 61.2 Å². The second kappa shape index (κ2) is 7.17. The molecule has 4 rings (SSSR count). The Kier molecular flexibility index (Phi) is 4.58. The number of pyridine rings is 1. The number of rotatable bonds is 6. The highest BCUT2D eigenvalue weighted by Gasteiger charge is 2.21. The SMILES string of the molecule is COc1cc2c(cc1CNCc1cccnc1-n1cccn1)OC(C)C2. The van der Waals surface area contributed by atoms with Gasteiger partial charge in [0.25, 0.3) is 0 Å². The van der Waals surface area contributed by atoms with E-state index in [2.05, 4.69) is 40.5 Å². The molecule has 1 aliphatic rings. The van der Waals surface area contributed by atoms with E-state index >= 15 is 0 Å². The van der Waals surface area contributed by atoms with Gasteiger partial charge in [-0.2, -0.15) is 5.10 Å². The molecule has 134 valence electrons. The molecule has 0 saturated carbocycles. The van der Waals surface area contributed by atoms with Crippen molar-refractivity contribution in [2.75, 3.05) is 7.11 Å². The van der Waals surface area contributed by atoms with Crippen molar-refractivity contribution < 1.29 is 9.47 Å². The van der Waals surface area contributed by atoms with Gasteiger partial charge in [-0.1, -0.05) is 6.07 Å². The summed E-state index contributed by atoms with van der Waals surface area (Å²) in [6, 6.07) is 10.1. The number of ether oxygens (including phenoxy) is 2. The molecule has 6 heteroatoms. The van der Waals surface area contributed by atoms with Crippen LogP contribution in [-0.4, -0.2) is 28.0 Å². The molecule has 2 aromatic heterocycles. The molecule has 0 saturated heterocycles. The first-order valence-electron chi connectivity index (χ1n) is 8.75. The molecule has 3 aromatic rings. The van der Waals surface area contributed by atoms with E-state index in [9.17, 15) is 0 Å². The van der Waals surface area contributed by atoms with Gasteiger partial charge in [0.15, 0.2) is 5.82 Å². The number of benzene rings is 1. The predicted molar refractivity (Wildman–Crippen MR) is 98.7 cm³/mol. The largest absolute Gasteiger partial charge is 0.496 e. The third kappa shape index (κ3) is 3.28. The highest BCUT2D eigenvalue weighted by atomic mass is 16.5. The fraction of sp³-hybridized carbons (Fsp3) is 0.300. The number of nitrogens with one attached hydrogen (secondary N) is 1. The molecule has 0 radical (unpaired) electrons. The Labute approximate surface area is 152 Å². The molecule has 1 aromatic carbocycles. The van der Waals surface area contributed by atoms with Gasteiger partial charge in [0, 0.05) is 54.8 Å². The van der Waals surface area contributed by atoms with Crippen LogP contribution in [0.15, 0.2) is 48.9 Å². The summed E-state index contributed by atoms with van der Waals surface area (Å²) in [6.45, 7) is 3.45. The van der Waals surface area contributed by atoms with Crippen molar-refractivity contribution in [3.05, 3.63) is 65.6 Å². The molecule has 0 aliphatic carbocycles. The number of hydrogen-bond donors (Lipinski definition) is 1. The second-order valence-corrected chi connectivity index (χ2v) is 6.44. The van der Waals surface area contributed by atoms with Crippen LogP contribution in [0.5, 0.6) is 11.5 Å². The third-order valence-electron chi connectivity index (χ3n) is 4.52. The summed E-state index contributed by atoms with van der Waals surface area (Å²) in [7, 11) is 1.71. The zero-order valence-corrected chi connectivity index (χ0v) is 15.0. The molecule has 26 heavy (non-hydrogen) atoms. The summed E-state index contributed by atoms with van der Waals surface area (Å²) in [6.07, 6.45) is 6.59. The normalized spacial score (nSPS) is 15.5. The smallest absolute Gasteiger partial charge is 0.157 e. The highest BCUT2D eigenvalue weighted by molar-refractivity contribution is 5.48. The van der Waals surface area contributed by atoms with Crippen LogP contribution in [0.25, 0.3) is 5.82 Å². The van der Waals surface area contributed by atoms with E-state index < -0.39 is 0 Å². The van der Waals surface area contributed by atoms with E-state index in [0.717, 1.165) is 34.9 Å². The van der Waals surface area contributed by atoms with Crippen molar-refractivity contribution in [1.82, 2.24) is 20.1 Å². The van der Waals surface area contributed by atoms with Crippen LogP contribution in [0.4, 0.5) is 0 Å². The van der Waals surface area contributed by atoms with Gasteiger partial charge >= 0.3 is 0 Å². The van der Waals surface area contributed by atoms with Crippen LogP contribution >= 0.6 is 0 Å². The Morgan fingerprint density at radius 1 is 1.23 bits per heavy atom. The number of methoxy groups -OCH3 is 1. The molecule has 0 spiro atoms. The molecule has 0 amide bonds. The first kappa shape index (κ1) is 16.6. The van der Waals surface area contributed by atoms with Crippen LogP contribution in [0.3, 0.4) is 0 Å². The quantitative estimate of drug-likeness (QED) is 0.741. The number of aromatic nitrogens is 3. The summed E-state index contributed by atoms with van der Waals surface area (Å²) in [4.78, 5) is 4.45. The summed E-state index contributed by atoms with van der Waals surface area (Å²) >= 11 is 0.